The van der Waals surface area contributed by atoms with Crippen LogP contribution in [0.25, 0.3) is 0 Å². The Bertz CT molecular complexity index is 371. The van der Waals surface area contributed by atoms with Gasteiger partial charge in [-0.2, -0.15) is 5.10 Å². The second-order valence-electron chi connectivity index (χ2n) is 4.17. The Morgan fingerprint density at radius 2 is 2.50 bits per heavy atom. The molecule has 1 aromatic rings. The molecule has 2 rings (SSSR count). The monoisotopic (exact) mass is 223 g/mol. The van der Waals surface area contributed by atoms with Crippen LogP contribution in [0.4, 0.5) is 0 Å². The molecule has 0 aromatic carbocycles. The molecule has 1 atom stereocenters. The molecule has 1 fully saturated rings. The molecule has 16 heavy (non-hydrogen) atoms. The Balaban J connectivity index is 1.92. The summed E-state index contributed by atoms with van der Waals surface area (Å²) in [5, 5.41) is 16.3. The summed E-state index contributed by atoms with van der Waals surface area (Å²) in [5.74, 6) is -0.430. The maximum Gasteiger partial charge on any atom is 0.320 e. The molecular formula is C11H17N3O2. The van der Waals surface area contributed by atoms with Gasteiger partial charge in [-0.1, -0.05) is 0 Å². The molecule has 1 saturated carbocycles. The van der Waals surface area contributed by atoms with Gasteiger partial charge in [-0.05, 0) is 31.7 Å². The van der Waals surface area contributed by atoms with Crippen LogP contribution in [0.15, 0.2) is 12.3 Å². The number of hydrogen-bond acceptors (Lipinski definition) is 3. The highest BCUT2D eigenvalue weighted by Gasteiger charge is 2.35. The lowest BCUT2D eigenvalue weighted by Gasteiger charge is -2.13. The van der Waals surface area contributed by atoms with Gasteiger partial charge in [0, 0.05) is 19.3 Å². The molecule has 0 radical (unpaired) electrons. The summed E-state index contributed by atoms with van der Waals surface area (Å²) in [6, 6.07) is 1.52. The van der Waals surface area contributed by atoms with Crippen molar-refractivity contribution < 1.29 is 9.90 Å². The smallest absolute Gasteiger partial charge is 0.320 e. The number of aliphatic carboxylic acids is 1. The van der Waals surface area contributed by atoms with Crippen molar-refractivity contribution in [3.05, 3.63) is 18.0 Å². The third-order valence-corrected chi connectivity index (χ3v) is 2.97. The van der Waals surface area contributed by atoms with Gasteiger partial charge < -0.3 is 5.11 Å². The molecular weight excluding hydrogens is 206 g/mol. The van der Waals surface area contributed by atoms with E-state index in [4.69, 9.17) is 5.11 Å². The largest absolute Gasteiger partial charge is 0.480 e. The molecule has 0 bridgehead atoms. The van der Waals surface area contributed by atoms with E-state index < -0.39 is 12.0 Å². The molecule has 88 valence electrons. The SMILES string of the molecule is CCn1nccc1CNC(C(=O)O)C1CC1. The van der Waals surface area contributed by atoms with E-state index in [1.165, 1.54) is 0 Å². The average Bonchev–Trinajstić information content (AvgIpc) is 2.97. The fourth-order valence-corrected chi connectivity index (χ4v) is 1.89. The molecule has 0 saturated heterocycles. The zero-order chi connectivity index (χ0) is 11.5. The molecule has 1 aliphatic rings. The van der Waals surface area contributed by atoms with E-state index in [9.17, 15) is 4.79 Å². The summed E-state index contributed by atoms with van der Waals surface area (Å²) < 4.78 is 1.87. The highest BCUT2D eigenvalue weighted by molar-refractivity contribution is 5.74. The van der Waals surface area contributed by atoms with E-state index in [-0.39, 0.29) is 0 Å². The van der Waals surface area contributed by atoms with Crippen molar-refractivity contribution in [3.63, 3.8) is 0 Å². The zero-order valence-corrected chi connectivity index (χ0v) is 9.39. The molecule has 1 unspecified atom stereocenters. The topological polar surface area (TPSA) is 67.2 Å². The number of aromatic nitrogens is 2. The van der Waals surface area contributed by atoms with Crippen LogP contribution in [-0.2, 0) is 17.9 Å². The van der Waals surface area contributed by atoms with E-state index in [1.807, 2.05) is 17.7 Å². The van der Waals surface area contributed by atoms with Gasteiger partial charge in [0.25, 0.3) is 0 Å². The van der Waals surface area contributed by atoms with Crippen molar-refractivity contribution in [1.82, 2.24) is 15.1 Å². The summed E-state index contributed by atoms with van der Waals surface area (Å²) in [4.78, 5) is 11.0. The highest BCUT2D eigenvalue weighted by Crippen LogP contribution is 2.32. The molecule has 5 heteroatoms. The van der Waals surface area contributed by atoms with Crippen LogP contribution in [0.2, 0.25) is 0 Å². The fourth-order valence-electron chi connectivity index (χ4n) is 1.89. The van der Waals surface area contributed by atoms with Crippen LogP contribution < -0.4 is 5.32 Å². The number of rotatable bonds is 6. The van der Waals surface area contributed by atoms with Crippen LogP contribution in [0.1, 0.15) is 25.5 Å². The summed E-state index contributed by atoms with van der Waals surface area (Å²) in [7, 11) is 0. The van der Waals surface area contributed by atoms with Crippen LogP contribution in [0.3, 0.4) is 0 Å². The van der Waals surface area contributed by atoms with E-state index in [1.54, 1.807) is 6.20 Å². The lowest BCUT2D eigenvalue weighted by molar-refractivity contribution is -0.140. The maximum absolute atomic E-state index is 11.0. The van der Waals surface area contributed by atoms with E-state index in [0.717, 1.165) is 25.1 Å². The number of hydrogen-bond donors (Lipinski definition) is 2. The zero-order valence-electron chi connectivity index (χ0n) is 9.39. The van der Waals surface area contributed by atoms with Gasteiger partial charge in [0.15, 0.2) is 0 Å². The molecule has 0 spiro atoms. The number of aryl methyl sites for hydroxylation is 1. The van der Waals surface area contributed by atoms with Crippen molar-refractivity contribution in [1.29, 1.82) is 0 Å². The highest BCUT2D eigenvalue weighted by atomic mass is 16.4. The van der Waals surface area contributed by atoms with E-state index in [0.29, 0.717) is 12.5 Å². The number of carbonyl (C=O) groups is 1. The fraction of sp³-hybridized carbons (Fsp3) is 0.636. The predicted octanol–water partition coefficient (Wildman–Crippen LogP) is 0.856. The Hall–Kier alpha value is -1.36. The van der Waals surface area contributed by atoms with E-state index >= 15 is 0 Å². The lowest BCUT2D eigenvalue weighted by atomic mass is 10.2. The molecule has 5 nitrogen and oxygen atoms in total. The number of carboxylic acids is 1. The predicted molar refractivity (Wildman–Crippen MR) is 58.9 cm³/mol. The Labute approximate surface area is 94.5 Å². The summed E-state index contributed by atoms with van der Waals surface area (Å²) in [6.45, 7) is 3.40. The molecule has 1 aromatic heterocycles. The number of nitrogens with zero attached hydrogens (tertiary/aromatic N) is 2. The van der Waals surface area contributed by atoms with E-state index in [2.05, 4.69) is 10.4 Å². The van der Waals surface area contributed by atoms with Crippen LogP contribution in [0.5, 0.6) is 0 Å². The Morgan fingerprint density at radius 3 is 3.06 bits per heavy atom. The van der Waals surface area contributed by atoms with Crippen LogP contribution in [0, 0.1) is 5.92 Å². The third kappa shape index (κ3) is 2.41. The van der Waals surface area contributed by atoms with Crippen molar-refractivity contribution in [2.75, 3.05) is 0 Å². The summed E-state index contributed by atoms with van der Waals surface area (Å²) in [5.41, 5.74) is 1.04. The molecule has 2 N–H and O–H groups in total. The molecule has 0 aliphatic heterocycles. The first kappa shape index (κ1) is 11.1. The first-order valence-corrected chi connectivity index (χ1v) is 5.69. The quantitative estimate of drug-likeness (QED) is 0.750. The lowest BCUT2D eigenvalue weighted by Crippen LogP contribution is -2.38. The average molecular weight is 223 g/mol. The summed E-state index contributed by atoms with van der Waals surface area (Å²) >= 11 is 0. The normalized spacial score (nSPS) is 17.3. The second-order valence-corrected chi connectivity index (χ2v) is 4.17. The second kappa shape index (κ2) is 4.65. The first-order chi connectivity index (χ1) is 7.72. The van der Waals surface area contributed by atoms with Gasteiger partial charge >= 0.3 is 5.97 Å². The third-order valence-electron chi connectivity index (χ3n) is 2.97. The molecule has 1 heterocycles. The van der Waals surface area contributed by atoms with Gasteiger partial charge in [0.05, 0.1) is 5.69 Å². The molecule has 0 amide bonds. The minimum absolute atomic E-state index is 0.315. The molecule has 1 aliphatic carbocycles. The van der Waals surface area contributed by atoms with Crippen molar-refractivity contribution >= 4 is 5.97 Å². The summed E-state index contributed by atoms with van der Waals surface area (Å²) in [6.07, 6.45) is 3.79. The maximum atomic E-state index is 11.0. The minimum atomic E-state index is -0.745. The van der Waals surface area contributed by atoms with Gasteiger partial charge in [0.2, 0.25) is 0 Å². The Kier molecular flexibility index (Phi) is 3.24. The van der Waals surface area contributed by atoms with Crippen LogP contribution in [-0.4, -0.2) is 26.9 Å². The van der Waals surface area contributed by atoms with Crippen LogP contribution >= 0.6 is 0 Å². The Morgan fingerprint density at radius 1 is 1.75 bits per heavy atom. The number of nitrogens with one attached hydrogen (secondary N) is 1. The van der Waals surface area contributed by atoms with Crippen molar-refractivity contribution in [3.8, 4) is 0 Å². The first-order valence-electron chi connectivity index (χ1n) is 5.69. The minimum Gasteiger partial charge on any atom is -0.480 e. The standard InChI is InChI=1S/C11H17N3O2/c1-2-14-9(5-6-13-14)7-12-10(11(15)16)8-3-4-8/h5-6,8,10,12H,2-4,7H2,1H3,(H,15,16). The number of carboxylic acid groups (broad SMARTS) is 1. The van der Waals surface area contributed by atoms with Crippen molar-refractivity contribution in [2.24, 2.45) is 5.92 Å². The van der Waals surface area contributed by atoms with Gasteiger partial charge in [-0.3, -0.25) is 14.8 Å². The van der Waals surface area contributed by atoms with Gasteiger partial charge in [-0.25, -0.2) is 0 Å². The van der Waals surface area contributed by atoms with Crippen molar-refractivity contribution in [2.45, 2.75) is 38.9 Å². The van der Waals surface area contributed by atoms with Gasteiger partial charge in [0.1, 0.15) is 6.04 Å². The van der Waals surface area contributed by atoms with Gasteiger partial charge in [-0.15, -0.1) is 0 Å².